The Hall–Kier alpha value is -4.59. The van der Waals surface area contributed by atoms with Crippen LogP contribution < -0.4 is 6.15 Å². The number of halogens is 2. The van der Waals surface area contributed by atoms with E-state index in [2.05, 4.69) is 144 Å². The molecule has 0 fully saturated rings. The molecule has 0 aliphatic carbocycles. The molecular formula is C40H63Cl2N13OSi2. The molecule has 0 spiro atoms. The molecular weight excluding hydrogens is 806 g/mol. The Morgan fingerprint density at radius 3 is 1.34 bits per heavy atom. The van der Waals surface area contributed by atoms with Gasteiger partial charge in [0.05, 0.1) is 22.2 Å². The van der Waals surface area contributed by atoms with Crippen molar-refractivity contribution in [1.29, 1.82) is 0 Å². The zero-order valence-corrected chi connectivity index (χ0v) is 37.9. The van der Waals surface area contributed by atoms with Crippen molar-refractivity contribution < 1.29 is 5.48 Å². The van der Waals surface area contributed by atoms with Gasteiger partial charge in [0, 0.05) is 23.2 Å². The van der Waals surface area contributed by atoms with Crippen LogP contribution in [0.15, 0.2) is 74.4 Å². The van der Waals surface area contributed by atoms with E-state index in [1.807, 2.05) is 38.2 Å². The molecule has 316 valence electrons. The molecule has 8 aromatic rings. The number of nitrogens with one attached hydrogen (secondary N) is 2. The molecule has 0 atom stereocenters. The van der Waals surface area contributed by atoms with Gasteiger partial charge in [-0.15, -0.1) is 0 Å². The third-order valence-electron chi connectivity index (χ3n) is 10.8. The smallest absolute Gasteiger partial charge is 0.163 e. The number of hydrogen-bond acceptors (Lipinski definition) is 9. The van der Waals surface area contributed by atoms with Crippen molar-refractivity contribution >= 4 is 83.8 Å². The number of hydrogen-bond donors (Lipinski definition) is 3. The molecule has 0 saturated heterocycles. The zero-order chi connectivity index (χ0) is 39.6. The van der Waals surface area contributed by atoms with Crippen molar-refractivity contribution in [1.82, 2.24) is 64.5 Å². The highest BCUT2D eigenvalue weighted by Crippen LogP contribution is 2.40. The standard InChI is InChI=1S/C13H21N3Si.C12H18ClN3Si.C7H7N3.C6H4ClN3.2CH4.H3N.H2O/c1-10-11-7-8-16(12(11)15-9-14-10)17(5,6)13(2,3)4;1-12(2,3)17(4,5)16-7-6-9-10(13)14-8-15-11(9)16;1-5-6-2-3-8-7(6)10-4-9-5;7-5-4-1-2-8-6(4)10-3-9-5;;;;/h7-9H,1-6H3;6-8H,1-5H3;2-4H,1H3,(H,8,9,10);1-3H,(H,8,9,10);2*1H4;1H3;1H2. The lowest BCUT2D eigenvalue weighted by Crippen LogP contribution is -2.45. The molecule has 0 radical (unpaired) electrons. The van der Waals surface area contributed by atoms with Crippen LogP contribution in [0.5, 0.6) is 0 Å². The van der Waals surface area contributed by atoms with Crippen LogP contribution in [0.2, 0.25) is 46.6 Å². The Balaban J connectivity index is 0.000000388. The van der Waals surface area contributed by atoms with E-state index in [1.54, 1.807) is 18.9 Å². The van der Waals surface area contributed by atoms with E-state index in [1.165, 1.54) is 18.0 Å². The molecule has 0 saturated carbocycles. The predicted molar refractivity (Wildman–Crippen MR) is 250 cm³/mol. The first-order valence-corrected chi connectivity index (χ1v) is 24.4. The highest BCUT2D eigenvalue weighted by molar-refractivity contribution is 6.79. The van der Waals surface area contributed by atoms with E-state index >= 15 is 0 Å². The summed E-state index contributed by atoms with van der Waals surface area (Å²) in [7, 11) is -3.24. The highest BCUT2D eigenvalue weighted by Gasteiger charge is 2.39. The first-order valence-electron chi connectivity index (χ1n) is 17.7. The number of aromatic nitrogens is 12. The average molecular weight is 869 g/mol. The summed E-state index contributed by atoms with van der Waals surface area (Å²) in [5, 5.41) is 5.68. The number of nitrogens with zero attached hydrogens (tertiary/aromatic N) is 10. The second kappa shape index (κ2) is 19.9. The fourth-order valence-corrected chi connectivity index (χ4v) is 9.61. The third kappa shape index (κ3) is 10.5. The largest absolute Gasteiger partial charge is 0.412 e. The van der Waals surface area contributed by atoms with Crippen molar-refractivity contribution in [2.75, 3.05) is 0 Å². The normalized spacial score (nSPS) is 11.4. The van der Waals surface area contributed by atoms with Gasteiger partial charge in [0.25, 0.3) is 0 Å². The molecule has 0 unspecified atom stereocenters. The second-order valence-corrected chi connectivity index (χ2v) is 27.1. The molecule has 8 heterocycles. The van der Waals surface area contributed by atoms with Crippen LogP contribution in [0.4, 0.5) is 0 Å². The lowest BCUT2D eigenvalue weighted by Gasteiger charge is -2.38. The molecule has 8 aromatic heterocycles. The van der Waals surface area contributed by atoms with Gasteiger partial charge >= 0.3 is 0 Å². The summed E-state index contributed by atoms with van der Waals surface area (Å²) in [5.41, 5.74) is 5.81. The van der Waals surface area contributed by atoms with Crippen LogP contribution in [0, 0.1) is 13.8 Å². The first kappa shape index (κ1) is 51.4. The second-order valence-electron chi connectivity index (χ2n) is 16.2. The van der Waals surface area contributed by atoms with Crippen molar-refractivity contribution in [3.8, 4) is 0 Å². The zero-order valence-electron chi connectivity index (χ0n) is 34.4. The number of H-pyrrole nitrogens is 2. The summed E-state index contributed by atoms with van der Waals surface area (Å²) < 4.78 is 4.72. The van der Waals surface area contributed by atoms with Gasteiger partial charge in [-0.1, -0.05) is 106 Å². The van der Waals surface area contributed by atoms with Crippen LogP contribution in [-0.2, 0) is 0 Å². The summed E-state index contributed by atoms with van der Waals surface area (Å²) in [5.74, 6) is 0. The predicted octanol–water partition coefficient (Wildman–Crippen LogP) is 11.0. The van der Waals surface area contributed by atoms with E-state index < -0.39 is 16.5 Å². The average Bonchev–Trinajstić information content (AvgIpc) is 3.91. The number of aryl methyl sites for hydroxylation is 2. The Bertz CT molecular complexity index is 2340. The van der Waals surface area contributed by atoms with Crippen LogP contribution in [0.25, 0.3) is 44.1 Å². The monoisotopic (exact) mass is 867 g/mol. The fourth-order valence-electron chi connectivity index (χ4n) is 5.47. The maximum absolute atomic E-state index is 6.09. The minimum absolute atomic E-state index is 0. The number of aromatic amines is 2. The van der Waals surface area contributed by atoms with E-state index in [-0.39, 0.29) is 31.5 Å². The molecule has 0 bridgehead atoms. The van der Waals surface area contributed by atoms with Gasteiger partial charge in [-0.2, -0.15) is 0 Å². The van der Waals surface area contributed by atoms with Crippen molar-refractivity contribution in [2.24, 2.45) is 0 Å². The van der Waals surface area contributed by atoms with Gasteiger partial charge in [0.1, 0.15) is 58.2 Å². The van der Waals surface area contributed by atoms with Gasteiger partial charge in [-0.25, -0.2) is 39.9 Å². The minimum atomic E-state index is -1.65. The molecule has 14 nitrogen and oxygen atoms in total. The molecule has 0 aromatic carbocycles. The molecule has 0 aliphatic rings. The van der Waals surface area contributed by atoms with Gasteiger partial charge in [0.2, 0.25) is 0 Å². The van der Waals surface area contributed by atoms with Crippen molar-refractivity contribution in [2.45, 2.75) is 107 Å². The minimum Gasteiger partial charge on any atom is -0.412 e. The maximum Gasteiger partial charge on any atom is 0.163 e. The number of rotatable bonds is 2. The van der Waals surface area contributed by atoms with Gasteiger partial charge < -0.3 is 30.1 Å². The fraction of sp³-hybridized carbons (Fsp3) is 0.400. The highest BCUT2D eigenvalue weighted by atomic mass is 35.5. The van der Waals surface area contributed by atoms with Crippen LogP contribution in [0.3, 0.4) is 0 Å². The topological polar surface area (TPSA) is 211 Å². The summed E-state index contributed by atoms with van der Waals surface area (Å²) in [6, 6.07) is 7.98. The molecule has 0 aliphatic heterocycles. The Labute approximate surface area is 354 Å². The van der Waals surface area contributed by atoms with E-state index in [0.29, 0.717) is 15.3 Å². The van der Waals surface area contributed by atoms with Crippen molar-refractivity contribution in [3.05, 3.63) is 96.1 Å². The van der Waals surface area contributed by atoms with Crippen LogP contribution >= 0.6 is 23.2 Å². The Morgan fingerprint density at radius 1 is 0.517 bits per heavy atom. The Morgan fingerprint density at radius 2 is 0.879 bits per heavy atom. The summed E-state index contributed by atoms with van der Waals surface area (Å²) >= 11 is 11.8. The van der Waals surface area contributed by atoms with Gasteiger partial charge in [0.15, 0.2) is 16.5 Å². The van der Waals surface area contributed by atoms with Crippen LogP contribution in [-0.4, -0.2) is 80.3 Å². The third-order valence-corrected chi connectivity index (χ3v) is 21.9. The van der Waals surface area contributed by atoms with Crippen LogP contribution in [0.1, 0.15) is 67.8 Å². The SMILES string of the molecule is C.C.CC(C)(C)[Si](C)(C)n1ccc2c(Cl)ncnc21.Cc1ncnc2[nH]ccc12.Cc1ncnc2c1ccn2[Si](C)(C)C(C)(C)C.Clc1ncnc2[nH]ccc12.N.O. The summed E-state index contributed by atoms with van der Waals surface area (Å²) in [6.07, 6.45) is 14.1. The molecule has 0 amide bonds. The summed E-state index contributed by atoms with van der Waals surface area (Å²) in [4.78, 5) is 38.9. The summed E-state index contributed by atoms with van der Waals surface area (Å²) in [6.45, 7) is 27.3. The number of fused-ring (bicyclic) bond motifs is 4. The quantitative estimate of drug-likeness (QED) is 0.111. The molecule has 58 heavy (non-hydrogen) atoms. The van der Waals surface area contributed by atoms with E-state index in [4.69, 9.17) is 23.2 Å². The maximum atomic E-state index is 6.09. The lowest BCUT2D eigenvalue weighted by atomic mass is 10.2. The van der Waals surface area contributed by atoms with Gasteiger partial charge in [-0.3, -0.25) is 0 Å². The molecule has 8 rings (SSSR count). The van der Waals surface area contributed by atoms with E-state index in [0.717, 1.165) is 50.1 Å². The first-order chi connectivity index (χ1) is 25.3. The Kier molecular flexibility index (Phi) is 17.7. The lowest BCUT2D eigenvalue weighted by molar-refractivity contribution is 0.702. The van der Waals surface area contributed by atoms with Gasteiger partial charge in [-0.05, 0) is 60.6 Å². The van der Waals surface area contributed by atoms with E-state index in [9.17, 15) is 0 Å². The van der Waals surface area contributed by atoms with Crippen molar-refractivity contribution in [3.63, 3.8) is 0 Å². The molecule has 7 N–H and O–H groups in total. The molecule has 18 heteroatoms.